The van der Waals surface area contributed by atoms with Crippen LogP contribution in [0.3, 0.4) is 0 Å². The van der Waals surface area contributed by atoms with Crippen LogP contribution in [0.1, 0.15) is 71.0 Å². The molecule has 0 aliphatic carbocycles. The Hall–Kier alpha value is -1.48. The van der Waals surface area contributed by atoms with Gasteiger partial charge in [0.1, 0.15) is 0 Å². The van der Waals surface area contributed by atoms with E-state index in [1.165, 1.54) is 4.88 Å². The third-order valence-corrected chi connectivity index (χ3v) is 4.65. The molecular formula is C23H42N4S4. The highest BCUT2D eigenvalue weighted by atomic mass is 32.1. The van der Waals surface area contributed by atoms with Crippen LogP contribution >= 0.6 is 45.3 Å². The SMILES string of the molecule is CC.CC.CC.CC.Cc1cncs1.Cc1cscn1.Cc1nccs1.c1cscn1. The van der Waals surface area contributed by atoms with Crippen molar-refractivity contribution in [3.8, 4) is 0 Å². The summed E-state index contributed by atoms with van der Waals surface area (Å²) in [5.74, 6) is 0. The van der Waals surface area contributed by atoms with Crippen LogP contribution in [0.5, 0.6) is 0 Å². The van der Waals surface area contributed by atoms with E-state index in [-0.39, 0.29) is 0 Å². The van der Waals surface area contributed by atoms with E-state index in [1.54, 1.807) is 63.3 Å². The Labute approximate surface area is 207 Å². The van der Waals surface area contributed by atoms with Crippen LogP contribution in [0.25, 0.3) is 0 Å². The minimum Gasteiger partial charge on any atom is -0.253 e. The highest BCUT2D eigenvalue weighted by molar-refractivity contribution is 7.09. The van der Waals surface area contributed by atoms with Crippen molar-refractivity contribution in [3.05, 3.63) is 66.8 Å². The third-order valence-electron chi connectivity index (χ3n) is 2.01. The lowest BCUT2D eigenvalue weighted by Gasteiger charge is -1.65. The molecule has 178 valence electrons. The Kier molecular flexibility index (Phi) is 42.7. The molecule has 0 aliphatic heterocycles. The van der Waals surface area contributed by atoms with Crippen LogP contribution in [-0.2, 0) is 0 Å². The average Bonchev–Trinajstić information content (AvgIpc) is 3.65. The smallest absolute Gasteiger partial charge is 0.0893 e. The van der Waals surface area contributed by atoms with Crippen LogP contribution in [-0.4, -0.2) is 19.9 Å². The molecule has 4 aromatic rings. The highest BCUT2D eigenvalue weighted by Crippen LogP contribution is 2.00. The van der Waals surface area contributed by atoms with Crippen molar-refractivity contribution < 1.29 is 0 Å². The number of aromatic nitrogens is 4. The first-order valence-corrected chi connectivity index (χ1v) is 14.2. The molecule has 0 unspecified atom stereocenters. The van der Waals surface area contributed by atoms with E-state index in [0.29, 0.717) is 0 Å². The van der Waals surface area contributed by atoms with Gasteiger partial charge in [-0.2, -0.15) is 0 Å². The Bertz CT molecular complexity index is 570. The van der Waals surface area contributed by atoms with Gasteiger partial charge in [-0.3, -0.25) is 19.9 Å². The number of rotatable bonds is 0. The van der Waals surface area contributed by atoms with Gasteiger partial charge in [-0.1, -0.05) is 55.4 Å². The van der Waals surface area contributed by atoms with Gasteiger partial charge in [0.05, 0.1) is 21.5 Å². The third kappa shape index (κ3) is 33.4. The van der Waals surface area contributed by atoms with Gasteiger partial charge in [-0.25, -0.2) is 0 Å². The van der Waals surface area contributed by atoms with Gasteiger partial charge < -0.3 is 0 Å². The van der Waals surface area contributed by atoms with Crippen LogP contribution in [0.4, 0.5) is 0 Å². The number of nitrogens with zero attached hydrogens (tertiary/aromatic N) is 4. The molecule has 0 saturated carbocycles. The fourth-order valence-corrected chi connectivity index (χ4v) is 2.77. The zero-order valence-corrected chi connectivity index (χ0v) is 24.4. The number of aryl methyl sites for hydroxylation is 3. The summed E-state index contributed by atoms with van der Waals surface area (Å²) >= 11 is 6.56. The van der Waals surface area contributed by atoms with E-state index in [4.69, 9.17) is 0 Å². The molecular weight excluding hydrogens is 461 g/mol. The largest absolute Gasteiger partial charge is 0.253 e. The molecule has 0 saturated heterocycles. The zero-order chi connectivity index (χ0) is 24.8. The molecule has 31 heavy (non-hydrogen) atoms. The molecule has 0 atom stereocenters. The summed E-state index contributed by atoms with van der Waals surface area (Å²) in [6, 6.07) is 0. The first-order valence-electron chi connectivity index (χ1n) is 10.6. The summed E-state index contributed by atoms with van der Waals surface area (Å²) in [5, 5.41) is 7.05. The van der Waals surface area contributed by atoms with Gasteiger partial charge in [-0.15, -0.1) is 45.3 Å². The van der Waals surface area contributed by atoms with Gasteiger partial charge in [0.25, 0.3) is 0 Å². The normalized spacial score (nSPS) is 7.19. The second kappa shape index (κ2) is 35.9. The van der Waals surface area contributed by atoms with E-state index in [0.717, 1.165) is 10.7 Å². The van der Waals surface area contributed by atoms with Crippen LogP contribution < -0.4 is 0 Å². The molecule has 4 rings (SSSR count). The maximum absolute atomic E-state index is 3.94. The number of hydrogen-bond donors (Lipinski definition) is 0. The predicted molar refractivity (Wildman–Crippen MR) is 148 cm³/mol. The second-order valence-corrected chi connectivity index (χ2v) is 7.63. The molecule has 4 heterocycles. The summed E-state index contributed by atoms with van der Waals surface area (Å²) in [7, 11) is 0. The van der Waals surface area contributed by atoms with Crippen molar-refractivity contribution in [1.82, 2.24) is 19.9 Å². The molecule has 0 aromatic carbocycles. The Morgan fingerprint density at radius 3 is 1.39 bits per heavy atom. The lowest BCUT2D eigenvalue weighted by molar-refractivity contribution is 1.27. The predicted octanol–water partition coefficient (Wildman–Crippen LogP) is 9.60. The van der Waals surface area contributed by atoms with Crippen molar-refractivity contribution in [2.24, 2.45) is 0 Å². The minimum atomic E-state index is 1.11. The number of hydrogen-bond acceptors (Lipinski definition) is 8. The maximum atomic E-state index is 3.94. The van der Waals surface area contributed by atoms with Crippen molar-refractivity contribution >= 4 is 45.3 Å². The first kappa shape index (κ1) is 36.9. The van der Waals surface area contributed by atoms with E-state index < -0.39 is 0 Å². The lowest BCUT2D eigenvalue weighted by atomic mass is 10.6. The molecule has 4 nitrogen and oxygen atoms in total. The summed E-state index contributed by atoms with van der Waals surface area (Å²) in [6.07, 6.45) is 5.43. The summed E-state index contributed by atoms with van der Waals surface area (Å²) in [5.41, 5.74) is 6.56. The van der Waals surface area contributed by atoms with Crippen LogP contribution in [0.15, 0.2) is 51.3 Å². The van der Waals surface area contributed by atoms with Crippen molar-refractivity contribution in [1.29, 1.82) is 0 Å². The van der Waals surface area contributed by atoms with Crippen molar-refractivity contribution in [2.45, 2.75) is 76.2 Å². The van der Waals surface area contributed by atoms with Crippen molar-refractivity contribution in [3.63, 3.8) is 0 Å². The monoisotopic (exact) mass is 502 g/mol. The lowest BCUT2D eigenvalue weighted by Crippen LogP contribution is -1.59. The molecule has 0 amide bonds. The van der Waals surface area contributed by atoms with E-state index in [1.807, 2.05) is 110 Å². The molecule has 8 heteroatoms. The average molecular weight is 503 g/mol. The van der Waals surface area contributed by atoms with Gasteiger partial charge in [0, 0.05) is 45.3 Å². The molecule has 0 radical (unpaired) electrons. The van der Waals surface area contributed by atoms with Crippen LogP contribution in [0, 0.1) is 20.8 Å². The van der Waals surface area contributed by atoms with Gasteiger partial charge >= 0.3 is 0 Å². The zero-order valence-electron chi connectivity index (χ0n) is 21.1. The van der Waals surface area contributed by atoms with Crippen LogP contribution in [0.2, 0.25) is 0 Å². The van der Waals surface area contributed by atoms with E-state index in [2.05, 4.69) is 19.9 Å². The highest BCUT2D eigenvalue weighted by Gasteiger charge is 1.77. The minimum absolute atomic E-state index is 1.11. The van der Waals surface area contributed by atoms with E-state index >= 15 is 0 Å². The molecule has 0 N–H and O–H groups in total. The molecule has 0 spiro atoms. The fraction of sp³-hybridized carbons (Fsp3) is 0.478. The Morgan fingerprint density at radius 1 is 0.613 bits per heavy atom. The molecule has 0 bridgehead atoms. The standard InChI is InChI=1S/3C4H5NS.C3H3NS.4C2H6/c1-4-2-6-3-5-4;1-4-2-5-3-6-4;1-4-5-2-3-6-4;1-2-5-3-4-1;4*1-2/h3*2-3H,1H3;1-3H;4*1-2H3. The molecule has 0 aliphatic rings. The number of thiazole rings is 4. The summed E-state index contributed by atoms with van der Waals surface area (Å²) in [4.78, 5) is 16.7. The summed E-state index contributed by atoms with van der Waals surface area (Å²) < 4.78 is 0. The Balaban J connectivity index is -0.000000142. The van der Waals surface area contributed by atoms with Gasteiger partial charge in [0.15, 0.2) is 0 Å². The van der Waals surface area contributed by atoms with E-state index in [9.17, 15) is 0 Å². The molecule has 0 fully saturated rings. The quantitative estimate of drug-likeness (QED) is 0.240. The molecule has 4 aromatic heterocycles. The maximum Gasteiger partial charge on any atom is 0.0893 e. The first-order chi connectivity index (χ1) is 15.2. The van der Waals surface area contributed by atoms with Crippen molar-refractivity contribution in [2.75, 3.05) is 0 Å². The fourth-order valence-electron chi connectivity index (χ4n) is 1.02. The van der Waals surface area contributed by atoms with Gasteiger partial charge in [-0.05, 0) is 20.8 Å². The topological polar surface area (TPSA) is 51.6 Å². The Morgan fingerprint density at radius 2 is 1.26 bits per heavy atom. The second-order valence-electron chi connectivity index (χ2n) is 3.97. The summed E-state index contributed by atoms with van der Waals surface area (Å²) in [6.45, 7) is 22.0. The van der Waals surface area contributed by atoms with Gasteiger partial charge in [0.2, 0.25) is 0 Å².